The third-order valence-corrected chi connectivity index (χ3v) is 5.59. The lowest BCUT2D eigenvalue weighted by Crippen LogP contribution is -2.42. The van der Waals surface area contributed by atoms with Gasteiger partial charge in [-0.3, -0.25) is 9.59 Å². The fourth-order valence-corrected chi connectivity index (χ4v) is 4.13. The number of thiazole rings is 1. The van der Waals surface area contributed by atoms with Gasteiger partial charge in [0.15, 0.2) is 5.13 Å². The number of nitrogens with zero attached hydrogens (tertiary/aromatic N) is 4. The number of carbonyl (C=O) groups excluding carboxylic acids is 2. The van der Waals surface area contributed by atoms with Gasteiger partial charge >= 0.3 is 0 Å². The molecule has 1 aromatic heterocycles. The number of rotatable bonds is 3. The average molecular weight is 356 g/mol. The minimum absolute atomic E-state index is 0.0298. The van der Waals surface area contributed by atoms with Crippen LogP contribution in [0.3, 0.4) is 0 Å². The minimum Gasteiger partial charge on any atom is -0.346 e. The van der Waals surface area contributed by atoms with Crippen LogP contribution in [-0.4, -0.2) is 59.3 Å². The van der Waals surface area contributed by atoms with E-state index < -0.39 is 0 Å². The molecule has 0 spiro atoms. The summed E-state index contributed by atoms with van der Waals surface area (Å²) < 4.78 is 0. The van der Waals surface area contributed by atoms with Crippen molar-refractivity contribution in [3.05, 3.63) is 47.0 Å². The Hall–Kier alpha value is -2.41. The lowest BCUT2D eigenvalue weighted by atomic mass is 10.1. The second-order valence-electron chi connectivity index (χ2n) is 6.35. The predicted octanol–water partition coefficient (Wildman–Crippen LogP) is 1.84. The fraction of sp³-hybridized carbons (Fsp3) is 0.389. The average Bonchev–Trinajstić information content (AvgIpc) is 3.18. The molecule has 25 heavy (non-hydrogen) atoms. The first-order valence-electron chi connectivity index (χ1n) is 8.52. The second kappa shape index (κ2) is 6.84. The summed E-state index contributed by atoms with van der Waals surface area (Å²) in [7, 11) is 0. The van der Waals surface area contributed by atoms with Crippen molar-refractivity contribution in [3.63, 3.8) is 0 Å². The van der Waals surface area contributed by atoms with Crippen molar-refractivity contribution in [2.24, 2.45) is 0 Å². The quantitative estimate of drug-likeness (QED) is 0.842. The van der Waals surface area contributed by atoms with Gasteiger partial charge in [0.25, 0.3) is 5.91 Å². The van der Waals surface area contributed by atoms with E-state index in [1.165, 1.54) is 0 Å². The highest BCUT2D eigenvalue weighted by Gasteiger charge is 2.30. The summed E-state index contributed by atoms with van der Waals surface area (Å²) in [4.78, 5) is 35.2. The molecule has 0 aliphatic carbocycles. The highest BCUT2D eigenvalue weighted by molar-refractivity contribution is 7.13. The first kappa shape index (κ1) is 16.1. The molecule has 0 atom stereocenters. The lowest BCUT2D eigenvalue weighted by molar-refractivity contribution is -0.131. The Labute approximate surface area is 150 Å². The van der Waals surface area contributed by atoms with E-state index in [-0.39, 0.29) is 18.4 Å². The monoisotopic (exact) mass is 356 g/mol. The van der Waals surface area contributed by atoms with Crippen LogP contribution in [-0.2, 0) is 11.3 Å². The van der Waals surface area contributed by atoms with E-state index in [1.54, 1.807) is 16.2 Å². The van der Waals surface area contributed by atoms with Crippen molar-refractivity contribution in [2.75, 3.05) is 37.6 Å². The first-order valence-corrected chi connectivity index (χ1v) is 9.40. The SMILES string of the molecule is O=C(CN1Cc2ccccc2C1=O)N1CCCN(c2nccs2)CC1. The highest BCUT2D eigenvalue weighted by atomic mass is 32.1. The summed E-state index contributed by atoms with van der Waals surface area (Å²) in [5.41, 5.74) is 1.73. The molecule has 6 nitrogen and oxygen atoms in total. The number of fused-ring (bicyclic) bond motifs is 1. The summed E-state index contributed by atoms with van der Waals surface area (Å²) >= 11 is 1.63. The molecule has 0 bridgehead atoms. The van der Waals surface area contributed by atoms with Crippen molar-refractivity contribution in [1.82, 2.24) is 14.8 Å². The standard InChI is InChI=1S/C18H20N4O2S/c23-16(13-22-12-14-4-1-2-5-15(14)17(22)24)20-7-3-8-21(10-9-20)18-19-6-11-25-18/h1-2,4-6,11H,3,7-10,12-13H2. The maximum atomic E-state index is 12.7. The number of benzene rings is 1. The molecular weight excluding hydrogens is 336 g/mol. The van der Waals surface area contributed by atoms with Gasteiger partial charge in [-0.2, -0.15) is 0 Å². The van der Waals surface area contributed by atoms with Gasteiger partial charge in [0.1, 0.15) is 6.54 Å². The summed E-state index contributed by atoms with van der Waals surface area (Å²) in [6, 6.07) is 7.58. The second-order valence-corrected chi connectivity index (χ2v) is 7.23. The van der Waals surface area contributed by atoms with E-state index in [2.05, 4.69) is 9.88 Å². The summed E-state index contributed by atoms with van der Waals surface area (Å²) in [5.74, 6) is -0.00895. The normalized spacial score (nSPS) is 17.6. The van der Waals surface area contributed by atoms with Crippen LogP contribution in [0.4, 0.5) is 5.13 Å². The molecule has 0 saturated carbocycles. The highest BCUT2D eigenvalue weighted by Crippen LogP contribution is 2.23. The molecule has 130 valence electrons. The molecule has 1 saturated heterocycles. The summed E-state index contributed by atoms with van der Waals surface area (Å²) in [5, 5.41) is 2.99. The van der Waals surface area contributed by atoms with Gasteiger partial charge in [-0.25, -0.2) is 4.98 Å². The zero-order chi connectivity index (χ0) is 17.2. The van der Waals surface area contributed by atoms with Crippen LogP contribution in [0.2, 0.25) is 0 Å². The van der Waals surface area contributed by atoms with E-state index in [0.717, 1.165) is 42.3 Å². The van der Waals surface area contributed by atoms with Gasteiger partial charge < -0.3 is 14.7 Å². The van der Waals surface area contributed by atoms with Gasteiger partial charge in [0.05, 0.1) is 0 Å². The van der Waals surface area contributed by atoms with Crippen LogP contribution in [0.1, 0.15) is 22.3 Å². The number of hydrogen-bond donors (Lipinski definition) is 0. The van der Waals surface area contributed by atoms with Crippen LogP contribution >= 0.6 is 11.3 Å². The Morgan fingerprint density at radius 3 is 2.84 bits per heavy atom. The van der Waals surface area contributed by atoms with E-state index in [1.807, 2.05) is 40.7 Å². The van der Waals surface area contributed by atoms with E-state index in [4.69, 9.17) is 0 Å². The number of aromatic nitrogens is 1. The van der Waals surface area contributed by atoms with E-state index in [9.17, 15) is 9.59 Å². The Balaban J connectivity index is 1.37. The molecule has 4 rings (SSSR count). The van der Waals surface area contributed by atoms with Crippen molar-refractivity contribution in [3.8, 4) is 0 Å². The molecule has 3 heterocycles. The summed E-state index contributed by atoms with van der Waals surface area (Å²) in [6.07, 6.45) is 2.73. The largest absolute Gasteiger partial charge is 0.346 e. The molecule has 0 N–H and O–H groups in total. The van der Waals surface area contributed by atoms with Crippen molar-refractivity contribution in [1.29, 1.82) is 0 Å². The van der Waals surface area contributed by atoms with Gasteiger partial charge in [-0.05, 0) is 18.1 Å². The maximum Gasteiger partial charge on any atom is 0.254 e. The van der Waals surface area contributed by atoms with Crippen LogP contribution < -0.4 is 4.90 Å². The molecule has 2 aliphatic rings. The Morgan fingerprint density at radius 2 is 2.04 bits per heavy atom. The molecule has 2 aliphatic heterocycles. The molecule has 0 unspecified atom stereocenters. The van der Waals surface area contributed by atoms with E-state index >= 15 is 0 Å². The Morgan fingerprint density at radius 1 is 1.16 bits per heavy atom. The summed E-state index contributed by atoms with van der Waals surface area (Å²) in [6.45, 7) is 3.78. The number of carbonyl (C=O) groups is 2. The number of anilines is 1. The van der Waals surface area contributed by atoms with Gasteiger partial charge in [-0.1, -0.05) is 18.2 Å². The van der Waals surface area contributed by atoms with Crippen LogP contribution in [0, 0.1) is 0 Å². The third-order valence-electron chi connectivity index (χ3n) is 4.76. The van der Waals surface area contributed by atoms with Gasteiger partial charge in [-0.15, -0.1) is 11.3 Å². The number of hydrogen-bond acceptors (Lipinski definition) is 5. The molecular formula is C18H20N4O2S. The van der Waals surface area contributed by atoms with E-state index in [0.29, 0.717) is 13.1 Å². The van der Waals surface area contributed by atoms with Gasteiger partial charge in [0.2, 0.25) is 5.91 Å². The minimum atomic E-state index is -0.0387. The zero-order valence-electron chi connectivity index (χ0n) is 13.9. The zero-order valence-corrected chi connectivity index (χ0v) is 14.7. The molecule has 1 aromatic carbocycles. The molecule has 2 amide bonds. The molecule has 0 radical (unpaired) electrons. The van der Waals surface area contributed by atoms with Crippen molar-refractivity contribution >= 4 is 28.3 Å². The van der Waals surface area contributed by atoms with Crippen LogP contribution in [0.5, 0.6) is 0 Å². The van der Waals surface area contributed by atoms with Crippen LogP contribution in [0.15, 0.2) is 35.8 Å². The van der Waals surface area contributed by atoms with Gasteiger partial charge in [0, 0.05) is 49.9 Å². The Kier molecular flexibility index (Phi) is 4.40. The fourth-order valence-electron chi connectivity index (χ4n) is 3.44. The molecule has 2 aromatic rings. The Bertz CT molecular complexity index is 777. The predicted molar refractivity (Wildman–Crippen MR) is 96.7 cm³/mol. The maximum absolute atomic E-state index is 12.7. The number of amides is 2. The lowest BCUT2D eigenvalue weighted by Gasteiger charge is -2.24. The van der Waals surface area contributed by atoms with Crippen LogP contribution in [0.25, 0.3) is 0 Å². The van der Waals surface area contributed by atoms with Crippen molar-refractivity contribution in [2.45, 2.75) is 13.0 Å². The smallest absolute Gasteiger partial charge is 0.254 e. The topological polar surface area (TPSA) is 56.8 Å². The molecule has 1 fully saturated rings. The molecule has 7 heteroatoms. The first-order chi connectivity index (χ1) is 12.2. The third kappa shape index (κ3) is 3.24. The van der Waals surface area contributed by atoms with Crippen molar-refractivity contribution < 1.29 is 9.59 Å².